The summed E-state index contributed by atoms with van der Waals surface area (Å²) in [6.07, 6.45) is 19.1. The van der Waals surface area contributed by atoms with E-state index in [-0.39, 0.29) is 54.8 Å². The molecule has 0 saturated carbocycles. The summed E-state index contributed by atoms with van der Waals surface area (Å²) in [5.41, 5.74) is 0.0425. The second kappa shape index (κ2) is 10.2. The maximum absolute atomic E-state index is 14.0. The van der Waals surface area contributed by atoms with E-state index in [9.17, 15) is 20.0 Å². The Morgan fingerprint density at radius 1 is 0.579 bits per heavy atom. The summed E-state index contributed by atoms with van der Waals surface area (Å²) in [7, 11) is 0. The lowest BCUT2D eigenvalue weighted by Crippen LogP contribution is -2.32. The molecule has 188 valence electrons. The molecule has 2 atom stereocenters. The Morgan fingerprint density at radius 3 is 1.34 bits per heavy atom. The van der Waals surface area contributed by atoms with Gasteiger partial charge in [0.15, 0.2) is 10.9 Å². The van der Waals surface area contributed by atoms with E-state index in [1.165, 1.54) is 12.1 Å². The zero-order valence-electron chi connectivity index (χ0n) is 20.7. The van der Waals surface area contributed by atoms with Gasteiger partial charge in [0.2, 0.25) is 0 Å². The predicted molar refractivity (Wildman–Crippen MR) is 144 cm³/mol. The number of hydrogen-bond acceptors (Lipinski definition) is 8. The third-order valence-corrected chi connectivity index (χ3v) is 6.45. The maximum Gasteiger partial charge on any atom is 0.199 e. The fourth-order valence-electron chi connectivity index (χ4n) is 4.51. The van der Waals surface area contributed by atoms with E-state index in [0.717, 1.165) is 0 Å². The van der Waals surface area contributed by atoms with Crippen LogP contribution in [0, 0.1) is 11.8 Å². The van der Waals surface area contributed by atoms with Crippen molar-refractivity contribution in [3.8, 4) is 0 Å². The van der Waals surface area contributed by atoms with Crippen molar-refractivity contribution in [3.63, 3.8) is 0 Å². The lowest BCUT2D eigenvalue weighted by atomic mass is 10.00. The first-order chi connectivity index (χ1) is 18.4. The molecule has 8 heteroatoms. The van der Waals surface area contributed by atoms with Crippen LogP contribution in [0.5, 0.6) is 0 Å². The summed E-state index contributed by atoms with van der Waals surface area (Å²) in [6.45, 7) is 4.08. The van der Waals surface area contributed by atoms with Crippen LogP contribution >= 0.6 is 0 Å². The lowest BCUT2D eigenvalue weighted by molar-refractivity contribution is 0.300. The van der Waals surface area contributed by atoms with Gasteiger partial charge in [-0.2, -0.15) is 0 Å². The molecule has 0 fully saturated rings. The Kier molecular flexibility index (Phi) is 6.62. The summed E-state index contributed by atoms with van der Waals surface area (Å²) < 4.78 is 0. The highest BCUT2D eigenvalue weighted by Crippen LogP contribution is 2.12. The number of allylic oxidation sites excluding steroid dienone is 10. The molecule has 2 N–H and O–H groups in total. The standard InChI is InChI=1S/C30H24N4O4/c1-17-5-3-7-19(11-9-17)31-21-13-14-22(32-20-8-4-6-18(2)10-12-20)26-25(21)29(35)27-23(33-37)15-16-24(34-38)28(27)30(26)36/h3-18,37-38H,1-2H3. The summed E-state index contributed by atoms with van der Waals surface area (Å²) in [5.74, 6) is 0.437. The van der Waals surface area contributed by atoms with Crippen molar-refractivity contribution in [2.75, 3.05) is 0 Å². The molecule has 2 unspecified atom stereocenters. The highest BCUT2D eigenvalue weighted by Gasteiger charge is 2.18. The summed E-state index contributed by atoms with van der Waals surface area (Å²) >= 11 is 0. The molecular weight excluding hydrogens is 480 g/mol. The number of benzene rings is 3. The molecule has 0 aromatic heterocycles. The Hall–Kier alpha value is -4.98. The van der Waals surface area contributed by atoms with Gasteiger partial charge in [0.25, 0.3) is 0 Å². The normalized spacial score (nSPS) is 21.3. The topological polar surface area (TPSA) is 124 Å². The Labute approximate surface area is 216 Å². The summed E-state index contributed by atoms with van der Waals surface area (Å²) in [5, 5.41) is 25.7. The van der Waals surface area contributed by atoms with Crippen LogP contribution in [0.3, 0.4) is 0 Å². The van der Waals surface area contributed by atoms with Gasteiger partial charge >= 0.3 is 0 Å². The van der Waals surface area contributed by atoms with E-state index in [4.69, 9.17) is 9.98 Å². The molecule has 8 nitrogen and oxygen atoms in total. The first-order valence-electron chi connectivity index (χ1n) is 12.1. The molecule has 38 heavy (non-hydrogen) atoms. The van der Waals surface area contributed by atoms with Gasteiger partial charge in [0.05, 0.1) is 43.7 Å². The van der Waals surface area contributed by atoms with Crippen LogP contribution in [0.2, 0.25) is 0 Å². The summed E-state index contributed by atoms with van der Waals surface area (Å²) in [4.78, 5) is 37.4. The fourth-order valence-corrected chi connectivity index (χ4v) is 4.51. The zero-order chi connectivity index (χ0) is 26.8. The average molecular weight is 505 g/mol. The molecular formula is C30H24N4O4. The third-order valence-electron chi connectivity index (χ3n) is 6.45. The van der Waals surface area contributed by atoms with Crippen molar-refractivity contribution in [1.82, 2.24) is 0 Å². The number of rotatable bonds is 2. The van der Waals surface area contributed by atoms with E-state index in [1.807, 2.05) is 74.6 Å². The van der Waals surface area contributed by atoms with Gasteiger partial charge in [-0.05, 0) is 60.4 Å². The van der Waals surface area contributed by atoms with E-state index in [2.05, 4.69) is 10.3 Å². The highest BCUT2D eigenvalue weighted by atomic mass is 16.4. The van der Waals surface area contributed by atoms with Gasteiger partial charge in [0.1, 0.15) is 10.7 Å². The third kappa shape index (κ3) is 4.48. The van der Waals surface area contributed by atoms with E-state index < -0.39 is 10.9 Å². The second-order valence-corrected chi connectivity index (χ2v) is 9.18. The number of fused-ring (bicyclic) bond motifs is 2. The van der Waals surface area contributed by atoms with Crippen LogP contribution in [0.1, 0.15) is 13.8 Å². The second-order valence-electron chi connectivity index (χ2n) is 9.18. The molecule has 3 aromatic carbocycles. The van der Waals surface area contributed by atoms with Crippen molar-refractivity contribution in [1.29, 1.82) is 0 Å². The van der Waals surface area contributed by atoms with Crippen LogP contribution < -0.4 is 32.3 Å². The average Bonchev–Trinajstić information content (AvgIpc) is 3.26. The summed E-state index contributed by atoms with van der Waals surface area (Å²) in [6, 6.07) is 5.92. The predicted octanol–water partition coefficient (Wildman–Crippen LogP) is 2.70. The Morgan fingerprint density at radius 2 is 0.947 bits per heavy atom. The van der Waals surface area contributed by atoms with Crippen LogP contribution in [0.4, 0.5) is 0 Å². The van der Waals surface area contributed by atoms with Crippen LogP contribution in [0.15, 0.2) is 126 Å². The maximum atomic E-state index is 14.0. The molecule has 0 heterocycles. The molecule has 2 aliphatic carbocycles. The molecule has 2 aliphatic rings. The van der Waals surface area contributed by atoms with E-state index >= 15 is 0 Å². The fraction of sp³-hybridized carbons (Fsp3) is 0.133. The monoisotopic (exact) mass is 504 g/mol. The molecule has 0 bridgehead atoms. The number of nitrogens with zero attached hydrogens (tertiary/aromatic N) is 4. The minimum atomic E-state index is -0.579. The van der Waals surface area contributed by atoms with Gasteiger partial charge < -0.3 is 10.4 Å². The van der Waals surface area contributed by atoms with Crippen molar-refractivity contribution in [2.45, 2.75) is 13.8 Å². The first-order valence-corrected chi connectivity index (χ1v) is 12.1. The van der Waals surface area contributed by atoms with E-state index in [0.29, 0.717) is 11.4 Å². The van der Waals surface area contributed by atoms with Gasteiger partial charge in [-0.15, -0.1) is 0 Å². The molecule has 0 spiro atoms. The zero-order valence-corrected chi connectivity index (χ0v) is 20.7. The highest BCUT2D eigenvalue weighted by molar-refractivity contribution is 5.97. The van der Waals surface area contributed by atoms with Crippen LogP contribution in [0.25, 0.3) is 21.5 Å². The molecule has 0 saturated heterocycles. The van der Waals surface area contributed by atoms with Gasteiger partial charge in [-0.3, -0.25) is 9.59 Å². The quantitative estimate of drug-likeness (QED) is 0.316. The SMILES string of the molecule is CC1C=CC=C(N=c2ccc(=NC3=CC=CC(C)C=C3)c3c(=O)c4c(=NO)ccc(=NO)c4c(=O)c23)C=C1. The first kappa shape index (κ1) is 24.7. The largest absolute Gasteiger partial charge is 0.410 e. The van der Waals surface area contributed by atoms with E-state index in [1.54, 1.807) is 12.1 Å². The minimum Gasteiger partial charge on any atom is -0.410 e. The van der Waals surface area contributed by atoms with Crippen molar-refractivity contribution < 1.29 is 10.4 Å². The Balaban J connectivity index is 2.00. The van der Waals surface area contributed by atoms with Crippen LogP contribution in [-0.2, 0) is 0 Å². The van der Waals surface area contributed by atoms with Gasteiger partial charge in [-0.25, -0.2) is 9.98 Å². The molecule has 0 radical (unpaired) electrons. The minimum absolute atomic E-state index is 0.0430. The smallest absolute Gasteiger partial charge is 0.199 e. The molecule has 0 amide bonds. The molecule has 5 rings (SSSR count). The van der Waals surface area contributed by atoms with Gasteiger partial charge in [0, 0.05) is 0 Å². The van der Waals surface area contributed by atoms with Crippen molar-refractivity contribution in [3.05, 3.63) is 138 Å². The Bertz CT molecular complexity index is 1870. The molecule has 0 aliphatic heterocycles. The van der Waals surface area contributed by atoms with Crippen molar-refractivity contribution >= 4 is 21.5 Å². The molecule has 3 aromatic rings. The van der Waals surface area contributed by atoms with Crippen LogP contribution in [-0.4, -0.2) is 10.4 Å². The van der Waals surface area contributed by atoms with Gasteiger partial charge in [-0.1, -0.05) is 60.6 Å². The number of hydrogen-bond donors (Lipinski definition) is 2. The van der Waals surface area contributed by atoms with Crippen molar-refractivity contribution in [2.24, 2.45) is 32.1 Å². The lowest BCUT2D eigenvalue weighted by Gasteiger charge is -2.04.